The number of hydrogen-bond donors (Lipinski definition) is 2. The molecule has 0 spiro atoms. The second-order valence-corrected chi connectivity index (χ2v) is 9.05. The van der Waals surface area contributed by atoms with Crippen molar-refractivity contribution < 1.29 is 10.2 Å². The van der Waals surface area contributed by atoms with Crippen LogP contribution in [-0.2, 0) is 6.54 Å². The van der Waals surface area contributed by atoms with E-state index in [0.717, 1.165) is 50.6 Å². The van der Waals surface area contributed by atoms with E-state index in [1.54, 1.807) is 13.8 Å². The number of anilines is 1. The van der Waals surface area contributed by atoms with Crippen LogP contribution in [0.25, 0.3) is 0 Å². The second-order valence-electron chi connectivity index (χ2n) is 9.05. The molecule has 2 fully saturated rings. The third-order valence-electron chi connectivity index (χ3n) is 5.96. The summed E-state index contributed by atoms with van der Waals surface area (Å²) >= 11 is 0. The zero-order valence-corrected chi connectivity index (χ0v) is 18.4. The number of β-amino-alcohol motifs (C(OH)–C–C–N with tert-alkyl or cyclic N) is 1. The number of likely N-dealkylation sites (tertiary alicyclic amines) is 1. The van der Waals surface area contributed by atoms with Crippen molar-refractivity contribution in [3.63, 3.8) is 0 Å². The third-order valence-corrected chi connectivity index (χ3v) is 5.96. The molecule has 1 aromatic carbocycles. The summed E-state index contributed by atoms with van der Waals surface area (Å²) in [5, 5.41) is 20.5. The quantitative estimate of drug-likeness (QED) is 0.733. The molecule has 1 aromatic heterocycles. The van der Waals surface area contributed by atoms with Crippen molar-refractivity contribution in [2.45, 2.75) is 38.1 Å². The van der Waals surface area contributed by atoms with Gasteiger partial charge in [-0.3, -0.25) is 9.80 Å². The van der Waals surface area contributed by atoms with Crippen LogP contribution in [0.2, 0.25) is 0 Å². The highest BCUT2D eigenvalue weighted by atomic mass is 16.3. The Hall–Kier alpha value is -2.43. The van der Waals surface area contributed by atoms with Crippen molar-refractivity contribution in [1.82, 2.24) is 14.8 Å². The first-order valence-corrected chi connectivity index (χ1v) is 11.0. The Balaban J connectivity index is 1.29. The van der Waals surface area contributed by atoms with E-state index in [0.29, 0.717) is 6.54 Å². The lowest BCUT2D eigenvalue weighted by atomic mass is 10.1. The molecule has 2 N–H and O–H groups in total. The summed E-state index contributed by atoms with van der Waals surface area (Å²) in [7, 11) is 0. The van der Waals surface area contributed by atoms with Crippen LogP contribution in [0.1, 0.15) is 25.0 Å². The average Bonchev–Trinajstić information content (AvgIpc) is 3.13. The standard InChI is InChI=1S/C25H32N4O2/c1-25(2,31)11-10-20-6-8-21(9-7-20)17-27-18-22(23(30)19-27)28-13-15-29(16-14-28)24-5-3-4-12-26-24/h3-9,12,22-23,30-31H,13-19H2,1-2H3/t22-,23-/m1/s1. The minimum atomic E-state index is -0.984. The van der Waals surface area contributed by atoms with Gasteiger partial charge in [-0.2, -0.15) is 0 Å². The fraction of sp³-hybridized carbons (Fsp3) is 0.480. The molecule has 2 aliphatic rings. The highest BCUT2D eigenvalue weighted by Gasteiger charge is 2.36. The van der Waals surface area contributed by atoms with Crippen LogP contribution < -0.4 is 4.90 Å². The van der Waals surface area contributed by atoms with E-state index >= 15 is 0 Å². The van der Waals surface area contributed by atoms with Crippen LogP contribution in [-0.4, -0.2) is 82.0 Å². The summed E-state index contributed by atoms with van der Waals surface area (Å²) in [6.45, 7) is 9.53. The molecule has 0 saturated carbocycles. The van der Waals surface area contributed by atoms with E-state index in [2.05, 4.69) is 49.7 Å². The van der Waals surface area contributed by atoms with Crippen molar-refractivity contribution in [1.29, 1.82) is 0 Å². The van der Waals surface area contributed by atoms with E-state index in [9.17, 15) is 10.2 Å². The second kappa shape index (κ2) is 9.37. The topological polar surface area (TPSA) is 63.1 Å². The molecule has 0 unspecified atom stereocenters. The summed E-state index contributed by atoms with van der Waals surface area (Å²) < 4.78 is 0. The maximum absolute atomic E-state index is 10.7. The van der Waals surface area contributed by atoms with E-state index in [1.165, 1.54) is 5.56 Å². The normalized spacial score (nSPS) is 22.9. The van der Waals surface area contributed by atoms with E-state index in [1.807, 2.05) is 30.5 Å². The number of pyridine rings is 1. The lowest BCUT2D eigenvalue weighted by molar-refractivity contribution is 0.0790. The molecule has 164 valence electrons. The molecule has 2 saturated heterocycles. The smallest absolute Gasteiger partial charge is 0.128 e. The Morgan fingerprint density at radius 2 is 1.77 bits per heavy atom. The number of aliphatic hydroxyl groups excluding tert-OH is 1. The number of aliphatic hydroxyl groups is 2. The molecule has 3 heterocycles. The summed E-state index contributed by atoms with van der Waals surface area (Å²) in [5.74, 6) is 6.88. The Morgan fingerprint density at radius 3 is 2.42 bits per heavy atom. The lowest BCUT2D eigenvalue weighted by Gasteiger charge is -2.39. The number of nitrogens with zero attached hydrogens (tertiary/aromatic N) is 4. The zero-order valence-electron chi connectivity index (χ0n) is 18.4. The summed E-state index contributed by atoms with van der Waals surface area (Å²) in [6.07, 6.45) is 1.52. The molecule has 2 atom stereocenters. The number of rotatable bonds is 4. The Morgan fingerprint density at radius 1 is 1.03 bits per heavy atom. The Labute approximate surface area is 185 Å². The highest BCUT2D eigenvalue weighted by molar-refractivity contribution is 5.39. The highest BCUT2D eigenvalue weighted by Crippen LogP contribution is 2.22. The van der Waals surface area contributed by atoms with E-state index < -0.39 is 5.60 Å². The van der Waals surface area contributed by atoms with E-state index in [4.69, 9.17) is 0 Å². The fourth-order valence-electron chi connectivity index (χ4n) is 4.34. The van der Waals surface area contributed by atoms with Gasteiger partial charge in [-0.15, -0.1) is 0 Å². The molecule has 0 aliphatic carbocycles. The van der Waals surface area contributed by atoms with Crippen molar-refractivity contribution in [2.75, 3.05) is 44.2 Å². The first-order valence-electron chi connectivity index (χ1n) is 11.0. The van der Waals surface area contributed by atoms with Gasteiger partial charge >= 0.3 is 0 Å². The van der Waals surface area contributed by atoms with E-state index in [-0.39, 0.29) is 12.1 Å². The van der Waals surface area contributed by atoms with Crippen molar-refractivity contribution >= 4 is 5.82 Å². The molecule has 6 heteroatoms. The molecule has 0 bridgehead atoms. The lowest BCUT2D eigenvalue weighted by Crippen LogP contribution is -2.53. The molecule has 2 aliphatic heterocycles. The number of aromatic nitrogens is 1. The first-order chi connectivity index (χ1) is 14.9. The third kappa shape index (κ3) is 5.84. The first kappa shape index (κ1) is 21.8. The summed E-state index contributed by atoms with van der Waals surface area (Å²) in [4.78, 5) is 11.5. The minimum absolute atomic E-state index is 0.183. The van der Waals surface area contributed by atoms with Gasteiger partial charge in [0.05, 0.1) is 6.10 Å². The fourth-order valence-corrected chi connectivity index (χ4v) is 4.34. The SMILES string of the molecule is CC(C)(O)C#Cc1ccc(CN2C[C@@H](O)[C@H](N3CCN(c4ccccn4)CC3)C2)cc1. The zero-order chi connectivity index (χ0) is 21.8. The minimum Gasteiger partial charge on any atom is -0.390 e. The monoisotopic (exact) mass is 420 g/mol. The van der Waals surface area contributed by atoms with Crippen LogP contribution >= 0.6 is 0 Å². The van der Waals surface area contributed by atoms with Gasteiger partial charge in [0.1, 0.15) is 11.4 Å². The number of piperazine rings is 1. The molecule has 31 heavy (non-hydrogen) atoms. The van der Waals surface area contributed by atoms with Gasteiger partial charge in [0.25, 0.3) is 0 Å². The van der Waals surface area contributed by atoms with Gasteiger partial charge in [0.2, 0.25) is 0 Å². The van der Waals surface area contributed by atoms with Crippen molar-refractivity contribution in [3.05, 3.63) is 59.8 Å². The van der Waals surface area contributed by atoms with Gasteiger partial charge in [-0.1, -0.05) is 30.0 Å². The van der Waals surface area contributed by atoms with Gasteiger partial charge in [-0.05, 0) is 43.7 Å². The number of hydrogen-bond acceptors (Lipinski definition) is 6. The molecule has 0 amide bonds. The Kier molecular flexibility index (Phi) is 6.59. The predicted molar refractivity (Wildman–Crippen MR) is 123 cm³/mol. The van der Waals surface area contributed by atoms with Crippen LogP contribution in [0.15, 0.2) is 48.7 Å². The molecule has 6 nitrogen and oxygen atoms in total. The molecule has 4 rings (SSSR count). The average molecular weight is 421 g/mol. The molecule has 2 aromatic rings. The summed E-state index contributed by atoms with van der Waals surface area (Å²) in [5.41, 5.74) is 1.13. The largest absolute Gasteiger partial charge is 0.390 e. The Bertz CT molecular complexity index is 907. The molecular weight excluding hydrogens is 388 g/mol. The van der Waals surface area contributed by atoms with Gasteiger partial charge in [0, 0.05) is 63.6 Å². The van der Waals surface area contributed by atoms with Crippen molar-refractivity contribution in [2.24, 2.45) is 0 Å². The van der Waals surface area contributed by atoms with Gasteiger partial charge in [-0.25, -0.2) is 4.98 Å². The molecular formula is C25H32N4O2. The van der Waals surface area contributed by atoms with Crippen LogP contribution in [0.5, 0.6) is 0 Å². The summed E-state index contributed by atoms with van der Waals surface area (Å²) in [6, 6.07) is 14.4. The van der Waals surface area contributed by atoms with Crippen LogP contribution in [0, 0.1) is 11.8 Å². The maximum atomic E-state index is 10.7. The molecule has 0 radical (unpaired) electrons. The van der Waals surface area contributed by atoms with Gasteiger partial charge < -0.3 is 15.1 Å². The number of benzene rings is 1. The van der Waals surface area contributed by atoms with Gasteiger partial charge in [0.15, 0.2) is 0 Å². The van der Waals surface area contributed by atoms with Crippen LogP contribution in [0.3, 0.4) is 0 Å². The predicted octanol–water partition coefficient (Wildman–Crippen LogP) is 1.57. The van der Waals surface area contributed by atoms with Crippen molar-refractivity contribution in [3.8, 4) is 11.8 Å². The maximum Gasteiger partial charge on any atom is 0.128 e. The van der Waals surface area contributed by atoms with Crippen LogP contribution in [0.4, 0.5) is 5.82 Å².